The van der Waals surface area contributed by atoms with Gasteiger partial charge >= 0.3 is 5.97 Å². The highest BCUT2D eigenvalue weighted by molar-refractivity contribution is 5.69. The van der Waals surface area contributed by atoms with Gasteiger partial charge in [0.05, 0.1) is 19.1 Å². The lowest BCUT2D eigenvalue weighted by Crippen LogP contribution is -2.31. The number of rotatable bonds is 7. The lowest BCUT2D eigenvalue weighted by atomic mass is 10.1. The fourth-order valence-electron chi connectivity index (χ4n) is 1.25. The van der Waals surface area contributed by atoms with Gasteiger partial charge in [0.2, 0.25) is 0 Å². The molecule has 0 aliphatic heterocycles. The maximum absolute atomic E-state index is 10.9. The first-order valence-electron chi connectivity index (χ1n) is 5.13. The van der Waals surface area contributed by atoms with Crippen LogP contribution in [0.2, 0.25) is 0 Å². The van der Waals surface area contributed by atoms with E-state index in [4.69, 9.17) is 9.84 Å². The molecule has 0 heterocycles. The van der Waals surface area contributed by atoms with Crippen molar-refractivity contribution >= 4 is 5.97 Å². The van der Waals surface area contributed by atoms with Gasteiger partial charge in [0, 0.05) is 12.6 Å². The molecule has 0 fully saturated rings. The molecular formula is C10H21NO3. The number of nitrogens with one attached hydrogen (secondary N) is 1. The van der Waals surface area contributed by atoms with E-state index >= 15 is 0 Å². The van der Waals surface area contributed by atoms with Gasteiger partial charge in [0.15, 0.2) is 0 Å². The molecule has 0 spiro atoms. The van der Waals surface area contributed by atoms with Crippen molar-refractivity contribution in [3.8, 4) is 0 Å². The van der Waals surface area contributed by atoms with E-state index in [9.17, 15) is 4.79 Å². The molecule has 4 heteroatoms. The minimum Gasteiger partial charge on any atom is -0.466 e. The van der Waals surface area contributed by atoms with E-state index in [1.165, 1.54) is 0 Å². The quantitative estimate of drug-likeness (QED) is 0.598. The summed E-state index contributed by atoms with van der Waals surface area (Å²) in [6.45, 7) is 6.57. The fraction of sp³-hybridized carbons (Fsp3) is 0.900. The molecule has 0 rings (SSSR count). The van der Waals surface area contributed by atoms with E-state index in [1.807, 2.05) is 6.92 Å². The Morgan fingerprint density at radius 3 is 2.64 bits per heavy atom. The van der Waals surface area contributed by atoms with Crippen molar-refractivity contribution in [2.75, 3.05) is 13.2 Å². The summed E-state index contributed by atoms with van der Waals surface area (Å²) in [5.41, 5.74) is 0. The Labute approximate surface area is 85.6 Å². The highest BCUT2D eigenvalue weighted by atomic mass is 16.5. The predicted molar refractivity (Wildman–Crippen MR) is 55.0 cm³/mol. The summed E-state index contributed by atoms with van der Waals surface area (Å²) < 4.78 is 4.78. The third-order valence-electron chi connectivity index (χ3n) is 1.82. The minimum atomic E-state index is -0.305. The third kappa shape index (κ3) is 8.01. The van der Waals surface area contributed by atoms with Crippen LogP contribution < -0.4 is 5.32 Å². The number of aliphatic hydroxyl groups excluding tert-OH is 1. The lowest BCUT2D eigenvalue weighted by molar-refractivity contribution is -0.142. The average Bonchev–Trinajstić information content (AvgIpc) is 2.02. The first-order chi connectivity index (χ1) is 6.56. The molecule has 2 atom stereocenters. The van der Waals surface area contributed by atoms with Gasteiger partial charge in [-0.15, -0.1) is 0 Å². The van der Waals surface area contributed by atoms with Gasteiger partial charge in [0.25, 0.3) is 0 Å². The Morgan fingerprint density at radius 1 is 1.50 bits per heavy atom. The van der Waals surface area contributed by atoms with E-state index in [0.717, 1.165) is 0 Å². The topological polar surface area (TPSA) is 58.6 Å². The molecule has 0 bridgehead atoms. The molecule has 0 saturated carbocycles. The van der Waals surface area contributed by atoms with Gasteiger partial charge in [-0.25, -0.2) is 0 Å². The minimum absolute atomic E-state index is 0.177. The van der Waals surface area contributed by atoms with Crippen molar-refractivity contribution < 1.29 is 14.6 Å². The summed E-state index contributed by atoms with van der Waals surface area (Å²) in [4.78, 5) is 10.9. The smallest absolute Gasteiger partial charge is 0.307 e. The van der Waals surface area contributed by atoms with Gasteiger partial charge in [0.1, 0.15) is 0 Å². The van der Waals surface area contributed by atoms with Crippen molar-refractivity contribution in [1.82, 2.24) is 5.32 Å². The molecule has 2 N–H and O–H groups in total. The zero-order chi connectivity index (χ0) is 11.0. The molecule has 0 radical (unpaired) electrons. The number of aliphatic hydroxyl groups is 1. The zero-order valence-corrected chi connectivity index (χ0v) is 9.25. The van der Waals surface area contributed by atoms with Gasteiger partial charge in [-0.05, 0) is 27.2 Å². The zero-order valence-electron chi connectivity index (χ0n) is 9.25. The Bertz CT molecular complexity index is 159. The van der Waals surface area contributed by atoms with Gasteiger partial charge < -0.3 is 15.2 Å². The van der Waals surface area contributed by atoms with E-state index in [2.05, 4.69) is 5.32 Å². The maximum Gasteiger partial charge on any atom is 0.307 e. The number of hydrogen-bond acceptors (Lipinski definition) is 4. The van der Waals surface area contributed by atoms with Crippen LogP contribution in [0.1, 0.15) is 33.6 Å². The van der Waals surface area contributed by atoms with E-state index < -0.39 is 0 Å². The van der Waals surface area contributed by atoms with E-state index in [-0.39, 0.29) is 18.1 Å². The molecule has 0 aliphatic carbocycles. The summed E-state index contributed by atoms with van der Waals surface area (Å²) >= 11 is 0. The Hall–Kier alpha value is -0.610. The van der Waals surface area contributed by atoms with Crippen molar-refractivity contribution in [1.29, 1.82) is 0 Å². The van der Waals surface area contributed by atoms with Gasteiger partial charge in [-0.3, -0.25) is 4.79 Å². The van der Waals surface area contributed by atoms with Crippen LogP contribution >= 0.6 is 0 Å². The summed E-state index contributed by atoms with van der Waals surface area (Å²) in [7, 11) is 0. The molecule has 0 saturated heterocycles. The summed E-state index contributed by atoms with van der Waals surface area (Å²) in [6, 6.07) is 0.226. The molecule has 0 aromatic rings. The Balaban J connectivity index is 3.39. The first kappa shape index (κ1) is 13.4. The number of hydrogen-bond donors (Lipinski definition) is 2. The molecule has 4 nitrogen and oxygen atoms in total. The number of ether oxygens (including phenoxy) is 1. The van der Waals surface area contributed by atoms with Crippen molar-refractivity contribution in [2.45, 2.75) is 45.8 Å². The average molecular weight is 203 g/mol. The van der Waals surface area contributed by atoms with Crippen molar-refractivity contribution in [3.05, 3.63) is 0 Å². The molecule has 2 unspecified atom stereocenters. The SMILES string of the molecule is CCOC(=O)CCNC(C)CC(C)O. The largest absolute Gasteiger partial charge is 0.466 e. The van der Waals surface area contributed by atoms with Crippen molar-refractivity contribution in [2.24, 2.45) is 0 Å². The molecule has 84 valence electrons. The highest BCUT2D eigenvalue weighted by Gasteiger charge is 2.06. The lowest BCUT2D eigenvalue weighted by Gasteiger charge is -2.14. The normalized spacial score (nSPS) is 14.9. The second-order valence-electron chi connectivity index (χ2n) is 3.49. The third-order valence-corrected chi connectivity index (χ3v) is 1.82. The second-order valence-corrected chi connectivity index (χ2v) is 3.49. The molecule has 14 heavy (non-hydrogen) atoms. The van der Waals surface area contributed by atoms with Crippen LogP contribution in [0.25, 0.3) is 0 Å². The Morgan fingerprint density at radius 2 is 2.14 bits per heavy atom. The van der Waals surface area contributed by atoms with Crippen LogP contribution in [0.5, 0.6) is 0 Å². The number of carbonyl (C=O) groups is 1. The molecule has 0 amide bonds. The first-order valence-corrected chi connectivity index (χ1v) is 5.13. The van der Waals surface area contributed by atoms with Crippen molar-refractivity contribution in [3.63, 3.8) is 0 Å². The monoisotopic (exact) mass is 203 g/mol. The van der Waals surface area contributed by atoms with Crippen LogP contribution in [0.15, 0.2) is 0 Å². The van der Waals surface area contributed by atoms with Crippen LogP contribution in [-0.4, -0.2) is 36.4 Å². The second kappa shape index (κ2) is 7.76. The maximum atomic E-state index is 10.9. The van der Waals surface area contributed by atoms with Gasteiger partial charge in [-0.2, -0.15) is 0 Å². The standard InChI is InChI=1S/C10H21NO3/c1-4-14-10(13)5-6-11-8(2)7-9(3)12/h8-9,11-12H,4-7H2,1-3H3. The summed E-state index contributed by atoms with van der Waals surface area (Å²) in [5, 5.41) is 12.2. The molecule has 0 aromatic heterocycles. The number of carbonyl (C=O) groups excluding carboxylic acids is 1. The van der Waals surface area contributed by atoms with Crippen LogP contribution in [0.3, 0.4) is 0 Å². The predicted octanol–water partition coefficient (Wildman–Crippen LogP) is 0.689. The van der Waals surface area contributed by atoms with Crippen LogP contribution in [-0.2, 0) is 9.53 Å². The molecule has 0 aromatic carbocycles. The summed E-state index contributed by atoms with van der Waals surface area (Å²) in [6.07, 6.45) is 0.779. The van der Waals surface area contributed by atoms with Crippen LogP contribution in [0.4, 0.5) is 0 Å². The van der Waals surface area contributed by atoms with Gasteiger partial charge in [-0.1, -0.05) is 0 Å². The van der Waals surface area contributed by atoms with Crippen LogP contribution in [0, 0.1) is 0 Å². The van der Waals surface area contributed by atoms with E-state index in [0.29, 0.717) is 26.0 Å². The molecular weight excluding hydrogens is 182 g/mol. The Kier molecular flexibility index (Phi) is 7.42. The number of esters is 1. The fourth-order valence-corrected chi connectivity index (χ4v) is 1.25. The van der Waals surface area contributed by atoms with E-state index in [1.54, 1.807) is 13.8 Å². The molecule has 0 aliphatic rings. The summed E-state index contributed by atoms with van der Waals surface area (Å²) in [5.74, 6) is -0.177. The highest BCUT2D eigenvalue weighted by Crippen LogP contribution is 1.96.